The number of amides is 2. The Morgan fingerprint density at radius 2 is 1.71 bits per heavy atom. The molecule has 0 bridgehead atoms. The number of thioether (sulfide) groups is 1. The number of carbonyl (C=O) groups excluding carboxylic acids is 2. The molecule has 0 saturated carbocycles. The summed E-state index contributed by atoms with van der Waals surface area (Å²) in [6.07, 6.45) is 1.12. The summed E-state index contributed by atoms with van der Waals surface area (Å²) in [5.74, 6) is 0.324. The summed E-state index contributed by atoms with van der Waals surface area (Å²) >= 11 is 19.7. The summed E-state index contributed by atoms with van der Waals surface area (Å²) in [5, 5.41) is 4.50. The van der Waals surface area contributed by atoms with Crippen LogP contribution in [-0.4, -0.2) is 34.6 Å². The number of hydrogen-bond donors (Lipinski definition) is 1. The van der Waals surface area contributed by atoms with Crippen molar-refractivity contribution in [1.82, 2.24) is 10.2 Å². The summed E-state index contributed by atoms with van der Waals surface area (Å²) in [5.41, 5.74) is 0.816. The third kappa shape index (κ3) is 8.23. The fourth-order valence-electron chi connectivity index (χ4n) is 2.81. The van der Waals surface area contributed by atoms with Crippen molar-refractivity contribution in [2.75, 3.05) is 5.75 Å². The summed E-state index contributed by atoms with van der Waals surface area (Å²) in [6.45, 7) is 5.97. The SMILES string of the molecule is CC[C@@H](C)NC(=O)[C@@H](C)N(Cc1ccc(Cl)c(Cl)c1)C(=O)CCSc1ccc(Cl)cc1. The predicted molar refractivity (Wildman–Crippen MR) is 131 cm³/mol. The topological polar surface area (TPSA) is 49.4 Å². The lowest BCUT2D eigenvalue weighted by Crippen LogP contribution is -2.49. The van der Waals surface area contributed by atoms with E-state index in [1.165, 1.54) is 0 Å². The molecule has 0 aliphatic carbocycles. The van der Waals surface area contributed by atoms with Crippen LogP contribution in [0.1, 0.15) is 39.2 Å². The third-order valence-electron chi connectivity index (χ3n) is 4.90. The van der Waals surface area contributed by atoms with Crippen LogP contribution in [0.4, 0.5) is 0 Å². The fraction of sp³-hybridized carbons (Fsp3) is 0.391. The van der Waals surface area contributed by atoms with Crippen molar-refractivity contribution >= 4 is 58.4 Å². The second-order valence-corrected chi connectivity index (χ2v) is 9.74. The van der Waals surface area contributed by atoms with Gasteiger partial charge in [0.2, 0.25) is 11.8 Å². The molecule has 2 rings (SSSR count). The van der Waals surface area contributed by atoms with Crippen LogP contribution >= 0.6 is 46.6 Å². The minimum Gasteiger partial charge on any atom is -0.352 e. The molecule has 4 nitrogen and oxygen atoms in total. The standard InChI is InChI=1S/C23H27Cl3N2O2S/c1-4-15(2)27-23(30)16(3)28(14-17-5-10-20(25)21(26)13-17)22(29)11-12-31-19-8-6-18(24)7-9-19/h5-10,13,15-16H,4,11-12,14H2,1-3H3,(H,27,30)/t15-,16-/m1/s1. The minimum atomic E-state index is -0.614. The molecule has 0 heterocycles. The lowest BCUT2D eigenvalue weighted by molar-refractivity contribution is -0.140. The maximum Gasteiger partial charge on any atom is 0.242 e. The molecule has 0 spiro atoms. The van der Waals surface area contributed by atoms with Crippen molar-refractivity contribution in [3.8, 4) is 0 Å². The van der Waals surface area contributed by atoms with Crippen LogP contribution in [0.3, 0.4) is 0 Å². The van der Waals surface area contributed by atoms with Crippen LogP contribution < -0.4 is 5.32 Å². The molecule has 0 fully saturated rings. The highest BCUT2D eigenvalue weighted by atomic mass is 35.5. The van der Waals surface area contributed by atoms with E-state index >= 15 is 0 Å². The van der Waals surface area contributed by atoms with Crippen molar-refractivity contribution in [2.24, 2.45) is 0 Å². The Bertz CT molecular complexity index is 893. The average molecular weight is 502 g/mol. The Balaban J connectivity index is 2.10. The average Bonchev–Trinajstić information content (AvgIpc) is 2.75. The number of carbonyl (C=O) groups is 2. The molecule has 0 aromatic heterocycles. The summed E-state index contributed by atoms with van der Waals surface area (Å²) in [7, 11) is 0. The van der Waals surface area contributed by atoms with Gasteiger partial charge in [-0.25, -0.2) is 0 Å². The Morgan fingerprint density at radius 3 is 2.32 bits per heavy atom. The Kier molecular flexibility index (Phi) is 10.5. The summed E-state index contributed by atoms with van der Waals surface area (Å²) in [6, 6.07) is 12.2. The van der Waals surface area contributed by atoms with Crippen molar-refractivity contribution in [2.45, 2.75) is 57.1 Å². The first kappa shape index (κ1) is 25.9. The Labute approximate surface area is 203 Å². The van der Waals surface area contributed by atoms with Crippen LogP contribution in [0.15, 0.2) is 47.4 Å². The lowest BCUT2D eigenvalue weighted by Gasteiger charge is -2.30. The third-order valence-corrected chi connectivity index (χ3v) is 6.91. The molecule has 0 aliphatic rings. The lowest BCUT2D eigenvalue weighted by atomic mass is 10.1. The van der Waals surface area contributed by atoms with E-state index in [0.717, 1.165) is 16.9 Å². The van der Waals surface area contributed by atoms with Gasteiger partial charge in [-0.1, -0.05) is 47.8 Å². The van der Waals surface area contributed by atoms with Gasteiger partial charge < -0.3 is 10.2 Å². The molecule has 2 aromatic carbocycles. The first-order valence-corrected chi connectivity index (χ1v) is 12.2. The number of hydrogen-bond acceptors (Lipinski definition) is 3. The van der Waals surface area contributed by atoms with E-state index in [-0.39, 0.29) is 24.4 Å². The van der Waals surface area contributed by atoms with Gasteiger partial charge in [-0.15, -0.1) is 11.8 Å². The highest BCUT2D eigenvalue weighted by Crippen LogP contribution is 2.25. The molecule has 0 saturated heterocycles. The first-order chi connectivity index (χ1) is 14.7. The van der Waals surface area contributed by atoms with E-state index in [2.05, 4.69) is 5.32 Å². The normalized spacial score (nSPS) is 12.8. The molecule has 8 heteroatoms. The number of rotatable bonds is 10. The molecular weight excluding hydrogens is 475 g/mol. The van der Waals surface area contributed by atoms with Gasteiger partial charge in [0, 0.05) is 34.7 Å². The first-order valence-electron chi connectivity index (χ1n) is 10.1. The number of halogens is 3. The molecule has 0 aliphatic heterocycles. The van der Waals surface area contributed by atoms with E-state index in [1.807, 2.05) is 44.2 Å². The number of nitrogens with one attached hydrogen (secondary N) is 1. The van der Waals surface area contributed by atoms with Crippen LogP contribution in [0.5, 0.6) is 0 Å². The van der Waals surface area contributed by atoms with Crippen LogP contribution in [-0.2, 0) is 16.1 Å². The van der Waals surface area contributed by atoms with Gasteiger partial charge in [0.15, 0.2) is 0 Å². The largest absolute Gasteiger partial charge is 0.352 e. The summed E-state index contributed by atoms with van der Waals surface area (Å²) < 4.78 is 0. The van der Waals surface area contributed by atoms with E-state index in [0.29, 0.717) is 27.2 Å². The maximum atomic E-state index is 13.1. The van der Waals surface area contributed by atoms with Crippen molar-refractivity contribution in [3.05, 3.63) is 63.1 Å². The fourth-order valence-corrected chi connectivity index (χ4v) is 4.10. The van der Waals surface area contributed by atoms with Gasteiger partial charge in [-0.2, -0.15) is 0 Å². The van der Waals surface area contributed by atoms with E-state index in [1.54, 1.807) is 35.7 Å². The highest BCUT2D eigenvalue weighted by Gasteiger charge is 2.26. The van der Waals surface area contributed by atoms with Gasteiger partial charge in [-0.3, -0.25) is 9.59 Å². The monoisotopic (exact) mass is 500 g/mol. The molecule has 0 unspecified atom stereocenters. The molecular formula is C23H27Cl3N2O2S. The van der Waals surface area contributed by atoms with Gasteiger partial charge in [-0.05, 0) is 62.2 Å². The van der Waals surface area contributed by atoms with Crippen molar-refractivity contribution in [1.29, 1.82) is 0 Å². The van der Waals surface area contributed by atoms with E-state index < -0.39 is 6.04 Å². The molecule has 31 heavy (non-hydrogen) atoms. The molecule has 168 valence electrons. The maximum absolute atomic E-state index is 13.1. The van der Waals surface area contributed by atoms with Crippen LogP contribution in [0.2, 0.25) is 15.1 Å². The van der Waals surface area contributed by atoms with E-state index in [9.17, 15) is 9.59 Å². The van der Waals surface area contributed by atoms with Crippen LogP contribution in [0.25, 0.3) is 0 Å². The Hall–Kier alpha value is -1.40. The molecule has 2 aromatic rings. The van der Waals surface area contributed by atoms with Crippen molar-refractivity contribution in [3.63, 3.8) is 0 Å². The van der Waals surface area contributed by atoms with Gasteiger partial charge in [0.05, 0.1) is 10.0 Å². The summed E-state index contributed by atoms with van der Waals surface area (Å²) in [4.78, 5) is 28.5. The molecule has 1 N–H and O–H groups in total. The smallest absolute Gasteiger partial charge is 0.242 e. The van der Waals surface area contributed by atoms with Crippen molar-refractivity contribution < 1.29 is 9.59 Å². The zero-order valence-corrected chi connectivity index (χ0v) is 20.9. The quantitative estimate of drug-likeness (QED) is 0.380. The van der Waals surface area contributed by atoms with Gasteiger partial charge in [0.1, 0.15) is 6.04 Å². The predicted octanol–water partition coefficient (Wildman–Crippen LogP) is 6.46. The van der Waals surface area contributed by atoms with Crippen LogP contribution in [0, 0.1) is 0 Å². The Morgan fingerprint density at radius 1 is 1.03 bits per heavy atom. The van der Waals surface area contributed by atoms with Gasteiger partial charge >= 0.3 is 0 Å². The van der Waals surface area contributed by atoms with E-state index in [4.69, 9.17) is 34.8 Å². The zero-order chi connectivity index (χ0) is 23.0. The van der Waals surface area contributed by atoms with Gasteiger partial charge in [0.25, 0.3) is 0 Å². The molecule has 2 atom stereocenters. The second kappa shape index (κ2) is 12.6. The number of nitrogens with zero attached hydrogens (tertiary/aromatic N) is 1. The number of benzene rings is 2. The molecule has 0 radical (unpaired) electrons. The zero-order valence-electron chi connectivity index (χ0n) is 17.8. The molecule has 2 amide bonds. The minimum absolute atomic E-state index is 0.0392. The second-order valence-electron chi connectivity index (χ2n) is 7.32. The highest BCUT2D eigenvalue weighted by molar-refractivity contribution is 7.99.